The van der Waals surface area contributed by atoms with E-state index in [0.717, 1.165) is 39.6 Å². The van der Waals surface area contributed by atoms with Crippen LogP contribution in [0.1, 0.15) is 41.0 Å². The highest BCUT2D eigenvalue weighted by Crippen LogP contribution is 2.53. The molecule has 2 heterocycles. The van der Waals surface area contributed by atoms with E-state index in [1.54, 1.807) is 0 Å². The molecule has 0 spiro atoms. The summed E-state index contributed by atoms with van der Waals surface area (Å²) >= 11 is 3.45. The number of ether oxygens (including phenoxy) is 1. The number of hydrogen-bond acceptors (Lipinski definition) is 5. The van der Waals surface area contributed by atoms with Gasteiger partial charge in [-0.05, 0) is 61.7 Å². The smallest absolute Gasteiger partial charge is 0.228 e. The van der Waals surface area contributed by atoms with Crippen molar-refractivity contribution in [2.45, 2.75) is 47.1 Å². The molecule has 6 nitrogen and oxygen atoms in total. The minimum Gasteiger partial charge on any atom is -0.493 e. The lowest BCUT2D eigenvalue weighted by Crippen LogP contribution is -2.34. The molecule has 1 amide bonds. The molecule has 3 rings (SSSR count). The van der Waals surface area contributed by atoms with Gasteiger partial charge in [-0.1, -0.05) is 6.92 Å². The van der Waals surface area contributed by atoms with Crippen molar-refractivity contribution in [2.75, 3.05) is 13.2 Å². The van der Waals surface area contributed by atoms with E-state index < -0.39 is 0 Å². The Hall–Kier alpha value is -1.76. The number of allylic oxidation sites excluding steroid dienone is 3. The van der Waals surface area contributed by atoms with Crippen molar-refractivity contribution in [1.82, 2.24) is 16.0 Å². The van der Waals surface area contributed by atoms with E-state index in [1.807, 2.05) is 33.8 Å². The average Bonchev–Trinajstić information content (AvgIpc) is 3.22. The molecule has 0 aromatic carbocycles. The van der Waals surface area contributed by atoms with Crippen LogP contribution in [0.3, 0.4) is 0 Å². The van der Waals surface area contributed by atoms with Gasteiger partial charge in [-0.3, -0.25) is 9.79 Å². The number of rotatable bonds is 5. The number of nitrogens with zero attached hydrogens (tertiary/aromatic N) is 1. The van der Waals surface area contributed by atoms with Gasteiger partial charge in [0.05, 0.1) is 29.3 Å². The monoisotopic (exact) mass is 422 g/mol. The SMILES string of the molecule is CC1=NC(C)C(OC[C@@]2(C)C[C@H]2C(=O)NC2=CC(C)=C(Br)NC2)=C(C)N1. The third-order valence-electron chi connectivity index (χ3n) is 5.18. The standard InChI is InChI=1S/C19H27BrN4O2/c1-10-6-14(8-21-17(10)20)24-18(25)15-7-19(15,5)9-26-16-11(2)22-13(4)23-12(16)3/h6,11,15,21H,7-9H2,1-5H3,(H,22,23)(H,24,25)/t11?,15-,19+/m0/s1. The van der Waals surface area contributed by atoms with E-state index in [4.69, 9.17) is 4.74 Å². The van der Waals surface area contributed by atoms with Crippen molar-refractivity contribution in [3.63, 3.8) is 0 Å². The van der Waals surface area contributed by atoms with Crippen molar-refractivity contribution in [2.24, 2.45) is 16.3 Å². The molecular weight excluding hydrogens is 396 g/mol. The second kappa shape index (κ2) is 7.10. The van der Waals surface area contributed by atoms with E-state index in [2.05, 4.69) is 43.8 Å². The summed E-state index contributed by atoms with van der Waals surface area (Å²) in [6.45, 7) is 11.2. The fourth-order valence-corrected chi connectivity index (χ4v) is 3.74. The summed E-state index contributed by atoms with van der Waals surface area (Å²) in [6, 6.07) is 0.0116. The lowest BCUT2D eigenvalue weighted by atomic mass is 10.1. The van der Waals surface area contributed by atoms with Gasteiger partial charge in [-0.25, -0.2) is 0 Å². The Morgan fingerprint density at radius 1 is 1.46 bits per heavy atom. The molecular formula is C19H27BrN4O2. The zero-order valence-electron chi connectivity index (χ0n) is 16.0. The van der Waals surface area contributed by atoms with Crippen LogP contribution in [0.25, 0.3) is 0 Å². The van der Waals surface area contributed by atoms with Crippen molar-refractivity contribution < 1.29 is 9.53 Å². The normalized spacial score (nSPS) is 30.8. The number of nitrogens with one attached hydrogen (secondary N) is 3. The van der Waals surface area contributed by atoms with Crippen molar-refractivity contribution in [3.05, 3.63) is 33.4 Å². The summed E-state index contributed by atoms with van der Waals surface area (Å²) < 4.78 is 7.04. The quantitative estimate of drug-likeness (QED) is 0.595. The molecule has 1 fully saturated rings. The van der Waals surface area contributed by atoms with Gasteiger partial charge in [0.1, 0.15) is 11.8 Å². The molecule has 3 N–H and O–H groups in total. The Morgan fingerprint density at radius 3 is 2.85 bits per heavy atom. The highest BCUT2D eigenvalue weighted by atomic mass is 79.9. The molecule has 2 aliphatic heterocycles. The molecule has 7 heteroatoms. The van der Waals surface area contributed by atoms with Gasteiger partial charge in [0.2, 0.25) is 5.91 Å². The summed E-state index contributed by atoms with van der Waals surface area (Å²) in [6.07, 6.45) is 2.84. The molecule has 1 unspecified atom stereocenters. The van der Waals surface area contributed by atoms with Crippen molar-refractivity contribution in [3.8, 4) is 0 Å². The Labute approximate surface area is 163 Å². The summed E-state index contributed by atoms with van der Waals surface area (Å²) in [7, 11) is 0. The maximum atomic E-state index is 12.6. The van der Waals surface area contributed by atoms with Gasteiger partial charge >= 0.3 is 0 Å². The topological polar surface area (TPSA) is 74.8 Å². The molecule has 26 heavy (non-hydrogen) atoms. The van der Waals surface area contributed by atoms with Gasteiger partial charge in [0.15, 0.2) is 0 Å². The molecule has 0 bridgehead atoms. The lowest BCUT2D eigenvalue weighted by molar-refractivity contribution is -0.122. The van der Waals surface area contributed by atoms with Crippen LogP contribution >= 0.6 is 15.9 Å². The third-order valence-corrected chi connectivity index (χ3v) is 6.09. The molecule has 142 valence electrons. The first kappa shape index (κ1) is 19.0. The summed E-state index contributed by atoms with van der Waals surface area (Å²) in [5.74, 6) is 1.83. The number of hydrogen-bond donors (Lipinski definition) is 3. The van der Waals surface area contributed by atoms with Crippen LogP contribution < -0.4 is 16.0 Å². The van der Waals surface area contributed by atoms with Gasteiger partial charge in [0.25, 0.3) is 0 Å². The summed E-state index contributed by atoms with van der Waals surface area (Å²) in [5, 5.41) is 9.48. The van der Waals surface area contributed by atoms with Gasteiger partial charge in [-0.15, -0.1) is 0 Å². The van der Waals surface area contributed by atoms with Gasteiger partial charge in [-0.2, -0.15) is 0 Å². The van der Waals surface area contributed by atoms with Crippen LogP contribution in [-0.4, -0.2) is 30.9 Å². The lowest BCUT2D eigenvalue weighted by Gasteiger charge is -2.25. The molecule has 1 aliphatic carbocycles. The first-order chi connectivity index (χ1) is 12.2. The number of carbonyl (C=O) groups excluding carboxylic acids is 1. The molecule has 3 aliphatic rings. The summed E-state index contributed by atoms with van der Waals surface area (Å²) in [5.41, 5.74) is 2.85. The van der Waals surface area contributed by atoms with Crippen LogP contribution in [0.5, 0.6) is 0 Å². The predicted octanol–water partition coefficient (Wildman–Crippen LogP) is 2.90. The maximum absolute atomic E-state index is 12.6. The van der Waals surface area contributed by atoms with Crippen LogP contribution in [0.15, 0.2) is 38.4 Å². The van der Waals surface area contributed by atoms with Crippen molar-refractivity contribution >= 4 is 27.7 Å². The molecule has 1 saturated carbocycles. The predicted molar refractivity (Wildman–Crippen MR) is 106 cm³/mol. The summed E-state index contributed by atoms with van der Waals surface area (Å²) in [4.78, 5) is 17.1. The zero-order valence-corrected chi connectivity index (χ0v) is 17.6. The highest BCUT2D eigenvalue weighted by Gasteiger charge is 2.55. The Bertz CT molecular complexity index is 753. The second-order valence-electron chi connectivity index (χ2n) is 7.71. The minimum absolute atomic E-state index is 0.0116. The minimum atomic E-state index is -0.124. The van der Waals surface area contributed by atoms with Gasteiger partial charge in [0, 0.05) is 17.0 Å². The largest absolute Gasteiger partial charge is 0.493 e. The molecule has 3 atom stereocenters. The molecule has 0 aromatic heterocycles. The number of dihydropyridines is 1. The van der Waals surface area contributed by atoms with E-state index >= 15 is 0 Å². The Balaban J connectivity index is 1.55. The number of carbonyl (C=O) groups is 1. The molecule has 0 radical (unpaired) electrons. The number of amidine groups is 1. The Morgan fingerprint density at radius 2 is 2.19 bits per heavy atom. The van der Waals surface area contributed by atoms with E-state index in [1.165, 1.54) is 0 Å². The molecule has 0 aromatic rings. The Kier molecular flexibility index (Phi) is 5.19. The first-order valence-electron chi connectivity index (χ1n) is 8.96. The van der Waals surface area contributed by atoms with Crippen LogP contribution in [0.4, 0.5) is 0 Å². The maximum Gasteiger partial charge on any atom is 0.228 e. The van der Waals surface area contributed by atoms with E-state index in [-0.39, 0.29) is 23.3 Å². The number of amides is 1. The van der Waals surface area contributed by atoms with Crippen LogP contribution in [0, 0.1) is 11.3 Å². The number of halogens is 1. The first-order valence-corrected chi connectivity index (χ1v) is 9.75. The van der Waals surface area contributed by atoms with Crippen molar-refractivity contribution in [1.29, 1.82) is 0 Å². The number of aliphatic imine (C=N–C) groups is 1. The zero-order chi connectivity index (χ0) is 19.1. The van der Waals surface area contributed by atoms with Gasteiger partial charge < -0.3 is 20.7 Å². The fraction of sp³-hybridized carbons (Fsp3) is 0.579. The second-order valence-corrected chi connectivity index (χ2v) is 8.51. The van der Waals surface area contributed by atoms with Crippen LogP contribution in [0.2, 0.25) is 0 Å². The fourth-order valence-electron chi connectivity index (χ4n) is 3.49. The third kappa shape index (κ3) is 3.98. The average molecular weight is 423 g/mol. The molecule has 0 saturated heterocycles. The van der Waals surface area contributed by atoms with E-state index in [9.17, 15) is 4.79 Å². The van der Waals surface area contributed by atoms with E-state index in [0.29, 0.717) is 13.2 Å². The van der Waals surface area contributed by atoms with Crippen LogP contribution in [-0.2, 0) is 9.53 Å². The highest BCUT2D eigenvalue weighted by molar-refractivity contribution is 9.11.